The summed E-state index contributed by atoms with van der Waals surface area (Å²) in [5.74, 6) is 0.480. The molecular weight excluding hydrogens is 242 g/mol. The molecule has 0 atom stereocenters. The molecule has 0 aliphatic carbocycles. The molecule has 0 fully saturated rings. The third-order valence-corrected chi connectivity index (χ3v) is 2.88. The van der Waals surface area contributed by atoms with Crippen LogP contribution < -0.4 is 10.5 Å². The molecule has 0 unspecified atom stereocenters. The zero-order valence-corrected chi connectivity index (χ0v) is 10.8. The van der Waals surface area contributed by atoms with Crippen LogP contribution in [0.1, 0.15) is 21.5 Å². The maximum atomic E-state index is 11.4. The molecule has 0 radical (unpaired) electrons. The first kappa shape index (κ1) is 13.0. The number of primary amides is 1. The predicted molar refractivity (Wildman–Crippen MR) is 72.6 cm³/mol. The minimum atomic E-state index is -0.548. The van der Waals surface area contributed by atoms with Crippen LogP contribution in [0.15, 0.2) is 36.4 Å². The van der Waals surface area contributed by atoms with E-state index in [1.807, 2.05) is 6.92 Å². The third-order valence-electron chi connectivity index (χ3n) is 2.88. The normalized spacial score (nSPS) is 10.2. The number of aryl methyl sites for hydroxylation is 1. The van der Waals surface area contributed by atoms with Crippen molar-refractivity contribution < 1.29 is 14.6 Å². The Morgan fingerprint density at radius 3 is 2.58 bits per heavy atom. The summed E-state index contributed by atoms with van der Waals surface area (Å²) in [5, 5.41) is 9.64. The molecule has 0 aromatic heterocycles. The predicted octanol–water partition coefficient (Wildman–Crippen LogP) is 2.90. The van der Waals surface area contributed by atoms with Crippen molar-refractivity contribution in [1.82, 2.24) is 0 Å². The number of hydrogen-bond donors (Lipinski definition) is 2. The van der Waals surface area contributed by atoms with Crippen molar-refractivity contribution in [1.29, 1.82) is 0 Å². The average molecular weight is 257 g/mol. The number of hydrogen-bond acceptors (Lipinski definition) is 3. The number of aromatic hydroxyl groups is 1. The van der Waals surface area contributed by atoms with Crippen molar-refractivity contribution in [3.63, 3.8) is 0 Å². The summed E-state index contributed by atoms with van der Waals surface area (Å²) in [5.41, 5.74) is 7.20. The number of carbonyl (C=O) groups excluding carboxylic acids is 1. The van der Waals surface area contributed by atoms with Gasteiger partial charge in [0.05, 0.1) is 5.56 Å². The largest absolute Gasteiger partial charge is 0.508 e. The van der Waals surface area contributed by atoms with Gasteiger partial charge in [-0.05, 0) is 43.7 Å². The molecule has 19 heavy (non-hydrogen) atoms. The number of amides is 1. The van der Waals surface area contributed by atoms with Gasteiger partial charge in [0, 0.05) is 5.56 Å². The Hall–Kier alpha value is -2.49. The van der Waals surface area contributed by atoms with Gasteiger partial charge in [0.2, 0.25) is 0 Å². The van der Waals surface area contributed by atoms with Gasteiger partial charge in [-0.2, -0.15) is 0 Å². The van der Waals surface area contributed by atoms with E-state index < -0.39 is 5.91 Å². The van der Waals surface area contributed by atoms with Crippen molar-refractivity contribution in [2.75, 3.05) is 0 Å². The Labute approximate surface area is 111 Å². The summed E-state index contributed by atoms with van der Waals surface area (Å²) in [6.45, 7) is 3.64. The maximum Gasteiger partial charge on any atom is 0.252 e. The fourth-order valence-electron chi connectivity index (χ4n) is 1.75. The molecule has 0 aliphatic heterocycles. The molecule has 1 amide bonds. The van der Waals surface area contributed by atoms with E-state index in [0.717, 1.165) is 5.56 Å². The number of ether oxygens (including phenoxy) is 1. The Morgan fingerprint density at radius 2 is 1.89 bits per heavy atom. The van der Waals surface area contributed by atoms with Crippen LogP contribution in [-0.2, 0) is 0 Å². The van der Waals surface area contributed by atoms with E-state index in [-0.39, 0.29) is 5.75 Å². The summed E-state index contributed by atoms with van der Waals surface area (Å²) in [4.78, 5) is 11.4. The van der Waals surface area contributed by atoms with E-state index in [9.17, 15) is 9.90 Å². The van der Waals surface area contributed by atoms with Gasteiger partial charge in [-0.1, -0.05) is 12.1 Å². The second kappa shape index (κ2) is 5.02. The highest BCUT2D eigenvalue weighted by atomic mass is 16.5. The molecule has 3 N–H and O–H groups in total. The Bertz CT molecular complexity index is 635. The second-order valence-electron chi connectivity index (χ2n) is 4.37. The van der Waals surface area contributed by atoms with Gasteiger partial charge in [-0.25, -0.2) is 0 Å². The Balaban J connectivity index is 2.45. The number of phenols is 1. The van der Waals surface area contributed by atoms with Crippen LogP contribution in [0.4, 0.5) is 0 Å². The molecule has 0 saturated carbocycles. The topological polar surface area (TPSA) is 72.6 Å². The van der Waals surface area contributed by atoms with Crippen LogP contribution in [0.2, 0.25) is 0 Å². The van der Waals surface area contributed by atoms with Gasteiger partial charge in [0.25, 0.3) is 5.91 Å². The van der Waals surface area contributed by atoms with Crippen molar-refractivity contribution in [3.8, 4) is 17.2 Å². The van der Waals surface area contributed by atoms with Crippen molar-refractivity contribution in [2.24, 2.45) is 5.73 Å². The van der Waals surface area contributed by atoms with E-state index in [4.69, 9.17) is 10.5 Å². The van der Waals surface area contributed by atoms with Crippen molar-refractivity contribution >= 4 is 5.91 Å². The van der Waals surface area contributed by atoms with E-state index in [0.29, 0.717) is 22.6 Å². The van der Waals surface area contributed by atoms with Crippen LogP contribution >= 0.6 is 0 Å². The highest BCUT2D eigenvalue weighted by molar-refractivity contribution is 5.95. The number of carbonyl (C=O) groups is 1. The number of phenolic OH excluding ortho intramolecular Hbond substituents is 1. The molecule has 2 aromatic carbocycles. The standard InChI is InChI=1S/C15H15NO3/c1-9-6-7-11(15(16)18)14(8-9)19-13-5-3-4-12(17)10(13)2/h3-8,17H,1-2H3,(H2,16,18). The molecule has 0 spiro atoms. The van der Waals surface area contributed by atoms with Crippen LogP contribution in [0.25, 0.3) is 0 Å². The van der Waals surface area contributed by atoms with E-state index in [1.54, 1.807) is 43.3 Å². The first-order chi connectivity index (χ1) is 8.99. The summed E-state index contributed by atoms with van der Waals surface area (Å²) in [6, 6.07) is 10.1. The molecule has 0 saturated heterocycles. The van der Waals surface area contributed by atoms with E-state index >= 15 is 0 Å². The minimum absolute atomic E-state index is 0.144. The average Bonchev–Trinajstić information content (AvgIpc) is 2.35. The third kappa shape index (κ3) is 2.68. The SMILES string of the molecule is Cc1ccc(C(N)=O)c(Oc2cccc(O)c2C)c1. The van der Waals surface area contributed by atoms with Gasteiger partial charge in [-0.3, -0.25) is 4.79 Å². The molecule has 2 aromatic rings. The quantitative estimate of drug-likeness (QED) is 0.888. The highest BCUT2D eigenvalue weighted by Gasteiger charge is 2.12. The lowest BCUT2D eigenvalue weighted by atomic mass is 10.1. The summed E-state index contributed by atoms with van der Waals surface area (Å²) >= 11 is 0. The number of nitrogens with two attached hydrogens (primary N) is 1. The minimum Gasteiger partial charge on any atom is -0.508 e. The van der Waals surface area contributed by atoms with Gasteiger partial charge in [0.15, 0.2) is 0 Å². The second-order valence-corrected chi connectivity index (χ2v) is 4.37. The molecule has 0 aliphatic rings. The fourth-order valence-corrected chi connectivity index (χ4v) is 1.75. The van der Waals surface area contributed by atoms with Crippen molar-refractivity contribution in [3.05, 3.63) is 53.1 Å². The summed E-state index contributed by atoms with van der Waals surface area (Å²) < 4.78 is 5.70. The lowest BCUT2D eigenvalue weighted by molar-refractivity contribution is 0.0998. The monoisotopic (exact) mass is 257 g/mol. The molecule has 0 bridgehead atoms. The lowest BCUT2D eigenvalue weighted by Crippen LogP contribution is -2.12. The Kier molecular flexibility index (Phi) is 3.42. The number of benzene rings is 2. The number of rotatable bonds is 3. The zero-order chi connectivity index (χ0) is 14.0. The first-order valence-electron chi connectivity index (χ1n) is 5.86. The Morgan fingerprint density at radius 1 is 1.16 bits per heavy atom. The molecular formula is C15H15NO3. The first-order valence-corrected chi connectivity index (χ1v) is 5.86. The molecule has 4 nitrogen and oxygen atoms in total. The van der Waals surface area contributed by atoms with Gasteiger partial charge in [-0.15, -0.1) is 0 Å². The van der Waals surface area contributed by atoms with E-state index in [2.05, 4.69) is 0 Å². The van der Waals surface area contributed by atoms with Crippen LogP contribution in [0, 0.1) is 13.8 Å². The summed E-state index contributed by atoms with van der Waals surface area (Å²) in [7, 11) is 0. The zero-order valence-electron chi connectivity index (χ0n) is 10.8. The summed E-state index contributed by atoms with van der Waals surface area (Å²) in [6.07, 6.45) is 0. The molecule has 0 heterocycles. The van der Waals surface area contributed by atoms with Gasteiger partial charge >= 0.3 is 0 Å². The lowest BCUT2D eigenvalue weighted by Gasteiger charge is -2.12. The van der Waals surface area contributed by atoms with Gasteiger partial charge < -0.3 is 15.6 Å². The molecule has 98 valence electrons. The molecule has 4 heteroatoms. The molecule has 2 rings (SSSR count). The van der Waals surface area contributed by atoms with Crippen LogP contribution in [-0.4, -0.2) is 11.0 Å². The maximum absolute atomic E-state index is 11.4. The van der Waals surface area contributed by atoms with Crippen molar-refractivity contribution in [2.45, 2.75) is 13.8 Å². The van der Waals surface area contributed by atoms with Gasteiger partial charge in [0.1, 0.15) is 17.2 Å². The van der Waals surface area contributed by atoms with Crippen LogP contribution in [0.5, 0.6) is 17.2 Å². The van der Waals surface area contributed by atoms with E-state index in [1.165, 1.54) is 0 Å². The smallest absolute Gasteiger partial charge is 0.252 e. The van der Waals surface area contributed by atoms with Crippen LogP contribution in [0.3, 0.4) is 0 Å². The fraction of sp³-hybridized carbons (Fsp3) is 0.133. The highest BCUT2D eigenvalue weighted by Crippen LogP contribution is 2.32.